The lowest BCUT2D eigenvalue weighted by atomic mass is 10.0. The summed E-state index contributed by atoms with van der Waals surface area (Å²) in [5.74, 6) is 0. The number of benzene rings is 2. The van der Waals surface area contributed by atoms with E-state index in [0.29, 0.717) is 0 Å². The number of hydrogen-bond acceptors (Lipinski definition) is 0. The van der Waals surface area contributed by atoms with Crippen molar-refractivity contribution in [3.63, 3.8) is 0 Å². The summed E-state index contributed by atoms with van der Waals surface area (Å²) in [7, 11) is 0. The van der Waals surface area contributed by atoms with Crippen LogP contribution in [-0.4, -0.2) is 0 Å². The molecule has 0 aliphatic carbocycles. The molecule has 0 amide bonds. The topological polar surface area (TPSA) is 7.76 Å². The monoisotopic (exact) mass is 394 g/mol. The lowest BCUT2D eigenvalue weighted by Crippen LogP contribution is -2.32. The second-order valence-corrected chi connectivity index (χ2v) is 7.86. The van der Waals surface area contributed by atoms with E-state index in [0.717, 1.165) is 12.8 Å². The molecule has 150 valence electrons. The Morgan fingerprint density at radius 2 is 0.933 bits per heavy atom. The molecule has 2 aromatic carbocycles. The molecule has 0 aliphatic rings. The van der Waals surface area contributed by atoms with E-state index in [1.54, 1.807) is 0 Å². The van der Waals surface area contributed by atoms with Crippen LogP contribution in [0.1, 0.15) is 36.1 Å². The van der Waals surface area contributed by atoms with Crippen molar-refractivity contribution in [1.29, 1.82) is 0 Å². The molecule has 0 aliphatic heterocycles. The van der Waals surface area contributed by atoms with Crippen molar-refractivity contribution in [3.8, 4) is 22.5 Å². The van der Waals surface area contributed by atoms with E-state index in [4.69, 9.17) is 0 Å². The van der Waals surface area contributed by atoms with Crippen LogP contribution >= 0.6 is 0 Å². The third-order valence-electron chi connectivity index (χ3n) is 5.91. The predicted octanol–water partition coefficient (Wildman–Crippen LogP) is 5.65. The molecule has 0 saturated carbocycles. The Hall–Kier alpha value is -3.26. The Kier molecular flexibility index (Phi) is 5.76. The number of aryl methyl sites for hydroxylation is 4. The fourth-order valence-electron chi connectivity index (χ4n) is 4.30. The highest BCUT2D eigenvalue weighted by molar-refractivity contribution is 5.61. The highest BCUT2D eigenvalue weighted by Crippen LogP contribution is 2.20. The van der Waals surface area contributed by atoms with Crippen LogP contribution in [0.3, 0.4) is 0 Å². The molecule has 2 heterocycles. The van der Waals surface area contributed by atoms with Crippen molar-refractivity contribution in [1.82, 2.24) is 0 Å². The Labute approximate surface area is 180 Å². The van der Waals surface area contributed by atoms with Gasteiger partial charge in [0.2, 0.25) is 11.4 Å². The van der Waals surface area contributed by atoms with Crippen LogP contribution in [0.5, 0.6) is 0 Å². The summed E-state index contributed by atoms with van der Waals surface area (Å²) >= 11 is 0. The first-order chi connectivity index (χ1) is 14.6. The molecule has 0 spiro atoms. The standard InChI is InChI=1S/C28H30N2/c1-5-23-11-8-12-24(6-2)28(23)30-19-15-26(16-20-30)25-13-17-29(18-14-25)27-21(3)9-7-10-22(27)4/h7-20H,5-6H2,1-4H3/q+2. The van der Waals surface area contributed by atoms with E-state index >= 15 is 0 Å². The van der Waals surface area contributed by atoms with Gasteiger partial charge < -0.3 is 0 Å². The van der Waals surface area contributed by atoms with Crippen LogP contribution in [0.15, 0.2) is 85.5 Å². The van der Waals surface area contributed by atoms with Crippen LogP contribution in [0.25, 0.3) is 22.5 Å². The van der Waals surface area contributed by atoms with Gasteiger partial charge in [0.25, 0.3) is 0 Å². The second kappa shape index (κ2) is 8.62. The number of para-hydroxylation sites is 2. The third-order valence-corrected chi connectivity index (χ3v) is 5.91. The first kappa shape index (κ1) is 20.0. The molecule has 0 radical (unpaired) electrons. The van der Waals surface area contributed by atoms with Gasteiger partial charge in [0.1, 0.15) is 0 Å². The maximum atomic E-state index is 2.26. The van der Waals surface area contributed by atoms with Gasteiger partial charge in [-0.2, -0.15) is 9.13 Å². The Balaban J connectivity index is 1.66. The summed E-state index contributed by atoms with van der Waals surface area (Å²) in [5.41, 5.74) is 10.4. The van der Waals surface area contributed by atoms with Gasteiger partial charge in [-0.1, -0.05) is 50.2 Å². The van der Waals surface area contributed by atoms with Crippen molar-refractivity contribution < 1.29 is 9.13 Å². The Bertz CT molecular complexity index is 1110. The van der Waals surface area contributed by atoms with E-state index in [1.807, 2.05) is 0 Å². The fourth-order valence-corrected chi connectivity index (χ4v) is 4.30. The minimum Gasteiger partial charge on any atom is -0.167 e. The molecule has 2 nitrogen and oxygen atoms in total. The van der Waals surface area contributed by atoms with Crippen molar-refractivity contribution in [2.24, 2.45) is 0 Å². The zero-order valence-electron chi connectivity index (χ0n) is 18.4. The number of rotatable bonds is 5. The molecule has 2 aromatic heterocycles. The van der Waals surface area contributed by atoms with E-state index in [2.05, 4.69) is 122 Å². The van der Waals surface area contributed by atoms with E-state index in [9.17, 15) is 0 Å². The third kappa shape index (κ3) is 3.78. The van der Waals surface area contributed by atoms with Crippen molar-refractivity contribution in [2.45, 2.75) is 40.5 Å². The minimum atomic E-state index is 1.04. The van der Waals surface area contributed by atoms with Gasteiger partial charge in [0.05, 0.1) is 0 Å². The molecule has 0 N–H and O–H groups in total. The molecular weight excluding hydrogens is 364 g/mol. The molecule has 0 unspecified atom stereocenters. The zero-order valence-corrected chi connectivity index (χ0v) is 18.4. The molecular formula is C28H30N2+2. The first-order valence-electron chi connectivity index (χ1n) is 10.8. The minimum absolute atomic E-state index is 1.04. The van der Waals surface area contributed by atoms with Crippen LogP contribution in [0.4, 0.5) is 0 Å². The molecule has 4 aromatic rings. The highest BCUT2D eigenvalue weighted by atomic mass is 14.9. The molecule has 30 heavy (non-hydrogen) atoms. The Morgan fingerprint density at radius 3 is 1.37 bits per heavy atom. The summed E-state index contributed by atoms with van der Waals surface area (Å²) < 4.78 is 4.48. The maximum Gasteiger partial charge on any atom is 0.216 e. The van der Waals surface area contributed by atoms with Gasteiger partial charge in [-0.25, -0.2) is 0 Å². The number of pyridine rings is 2. The van der Waals surface area contributed by atoms with Crippen molar-refractivity contribution >= 4 is 0 Å². The van der Waals surface area contributed by atoms with Crippen molar-refractivity contribution in [2.75, 3.05) is 0 Å². The van der Waals surface area contributed by atoms with Gasteiger partial charge in [0.15, 0.2) is 24.8 Å². The number of aromatic nitrogens is 2. The largest absolute Gasteiger partial charge is 0.216 e. The van der Waals surface area contributed by atoms with Gasteiger partial charge in [-0.05, 0) is 37.8 Å². The zero-order chi connectivity index (χ0) is 21.1. The number of nitrogens with zero attached hydrogens (tertiary/aromatic N) is 2. The summed E-state index contributed by atoms with van der Waals surface area (Å²) in [4.78, 5) is 0. The molecule has 0 fully saturated rings. The van der Waals surface area contributed by atoms with Crippen LogP contribution in [0, 0.1) is 13.8 Å². The fraction of sp³-hybridized carbons (Fsp3) is 0.214. The summed E-state index contributed by atoms with van der Waals surface area (Å²) in [6.07, 6.45) is 10.8. The SMILES string of the molecule is CCc1cccc(CC)c1-[n+]1ccc(-c2cc[n+](-c3c(C)cccc3C)cc2)cc1. The van der Waals surface area contributed by atoms with E-state index < -0.39 is 0 Å². The van der Waals surface area contributed by atoms with Gasteiger partial charge >= 0.3 is 0 Å². The molecule has 0 atom stereocenters. The highest BCUT2D eigenvalue weighted by Gasteiger charge is 2.17. The molecule has 4 rings (SSSR count). The summed E-state index contributed by atoms with van der Waals surface area (Å²) in [6, 6.07) is 21.9. The van der Waals surface area contributed by atoms with E-state index in [-0.39, 0.29) is 0 Å². The normalized spacial score (nSPS) is 10.9. The van der Waals surface area contributed by atoms with Crippen LogP contribution in [0.2, 0.25) is 0 Å². The predicted molar refractivity (Wildman–Crippen MR) is 123 cm³/mol. The van der Waals surface area contributed by atoms with Crippen molar-refractivity contribution in [3.05, 3.63) is 108 Å². The maximum absolute atomic E-state index is 2.26. The smallest absolute Gasteiger partial charge is 0.167 e. The van der Waals surface area contributed by atoms with E-state index in [1.165, 1.54) is 44.8 Å². The molecule has 2 heteroatoms. The lowest BCUT2D eigenvalue weighted by molar-refractivity contribution is -0.597. The lowest BCUT2D eigenvalue weighted by Gasteiger charge is -2.08. The average Bonchev–Trinajstić information content (AvgIpc) is 2.79. The number of hydrogen-bond donors (Lipinski definition) is 0. The second-order valence-electron chi connectivity index (χ2n) is 7.86. The van der Waals surface area contributed by atoms with Gasteiger partial charge in [-0.15, -0.1) is 0 Å². The van der Waals surface area contributed by atoms with Crippen LogP contribution in [-0.2, 0) is 12.8 Å². The summed E-state index contributed by atoms with van der Waals surface area (Å²) in [5, 5.41) is 0. The Morgan fingerprint density at radius 1 is 0.533 bits per heavy atom. The summed E-state index contributed by atoms with van der Waals surface area (Å²) in [6.45, 7) is 8.78. The average molecular weight is 395 g/mol. The molecule has 0 bridgehead atoms. The quantitative estimate of drug-likeness (QED) is 0.387. The van der Waals surface area contributed by atoms with Crippen LogP contribution < -0.4 is 9.13 Å². The van der Waals surface area contributed by atoms with Gasteiger partial charge in [0, 0.05) is 46.5 Å². The molecule has 0 saturated heterocycles. The van der Waals surface area contributed by atoms with Gasteiger partial charge in [-0.3, -0.25) is 0 Å². The first-order valence-corrected chi connectivity index (χ1v) is 10.8.